The number of halogens is 1. The number of aromatic nitrogens is 1. The van der Waals surface area contributed by atoms with Gasteiger partial charge >= 0.3 is 6.09 Å². The van der Waals surface area contributed by atoms with Crippen LogP contribution in [0.5, 0.6) is 5.88 Å². The molecule has 2 N–H and O–H groups in total. The largest absolute Gasteiger partial charge is 0.474 e. The van der Waals surface area contributed by atoms with Crippen LogP contribution in [-0.4, -0.2) is 81.9 Å². The van der Waals surface area contributed by atoms with Crippen molar-refractivity contribution < 1.29 is 28.9 Å². The number of fused-ring (bicyclic) bond motifs is 1. The molecular formula is C24H29FN4O5. The highest BCUT2D eigenvalue weighted by atomic mass is 19.1. The number of hydrogen-bond donors (Lipinski definition) is 2. The second-order valence-corrected chi connectivity index (χ2v) is 8.86. The monoisotopic (exact) mass is 472 g/mol. The maximum absolute atomic E-state index is 13.4. The number of aliphatic hydroxyl groups excluding tert-OH is 1. The van der Waals surface area contributed by atoms with Crippen LogP contribution in [0.4, 0.5) is 14.9 Å². The minimum Gasteiger partial charge on any atom is -0.474 e. The van der Waals surface area contributed by atoms with Gasteiger partial charge in [-0.05, 0) is 49.6 Å². The van der Waals surface area contributed by atoms with Crippen molar-refractivity contribution in [1.82, 2.24) is 14.8 Å². The second-order valence-electron chi connectivity index (χ2n) is 8.86. The molecule has 0 aliphatic carbocycles. The normalized spacial score (nSPS) is 20.6. The Morgan fingerprint density at radius 2 is 1.91 bits per heavy atom. The van der Waals surface area contributed by atoms with Crippen LogP contribution in [0, 0.1) is 5.82 Å². The maximum Gasteiger partial charge on any atom is 0.407 e. The summed E-state index contributed by atoms with van der Waals surface area (Å²) in [5.41, 5.74) is 2.57. The molecule has 1 fully saturated rings. The Labute approximate surface area is 197 Å². The standard InChI is InChI=1S/C24H29FN4O5/c1-15-11-27(7-8-28(15)24(32)33)12-22(31)29-16(2)14-34-23-21(29)10-18(20(13-30)26-23)9-17-3-5-19(25)6-4-17/h3-6,10,15-16,30H,7-9,11-14H2,1-2H3,(H,32,33)/t15?,16-/m0/s1. The third-order valence-corrected chi connectivity index (χ3v) is 6.34. The Morgan fingerprint density at radius 3 is 2.56 bits per heavy atom. The Kier molecular flexibility index (Phi) is 6.99. The zero-order valence-electron chi connectivity index (χ0n) is 19.3. The molecule has 1 aromatic heterocycles. The fourth-order valence-electron chi connectivity index (χ4n) is 4.57. The lowest BCUT2D eigenvalue weighted by molar-refractivity contribution is -0.121. The lowest BCUT2D eigenvalue weighted by Crippen LogP contribution is -2.56. The van der Waals surface area contributed by atoms with Crippen LogP contribution < -0.4 is 9.64 Å². The molecule has 2 aliphatic rings. The number of rotatable bonds is 5. The molecule has 1 saturated heterocycles. The number of piperazine rings is 1. The third kappa shape index (κ3) is 4.97. The van der Waals surface area contributed by atoms with Crippen molar-refractivity contribution in [2.24, 2.45) is 0 Å². The number of ether oxygens (including phenoxy) is 1. The molecule has 1 aromatic carbocycles. The number of nitrogens with zero attached hydrogens (tertiary/aromatic N) is 4. The molecule has 34 heavy (non-hydrogen) atoms. The summed E-state index contributed by atoms with van der Waals surface area (Å²) in [6.07, 6.45) is -0.532. The van der Waals surface area contributed by atoms with Gasteiger partial charge in [0.1, 0.15) is 18.1 Å². The van der Waals surface area contributed by atoms with E-state index in [1.165, 1.54) is 17.0 Å². The second kappa shape index (κ2) is 9.94. The number of anilines is 1. The van der Waals surface area contributed by atoms with E-state index in [1.54, 1.807) is 17.0 Å². The van der Waals surface area contributed by atoms with Gasteiger partial charge in [-0.2, -0.15) is 0 Å². The Bertz CT molecular complexity index is 1060. The summed E-state index contributed by atoms with van der Waals surface area (Å²) in [6, 6.07) is 7.50. The highest BCUT2D eigenvalue weighted by molar-refractivity contribution is 5.97. The van der Waals surface area contributed by atoms with Gasteiger partial charge in [-0.1, -0.05) is 12.1 Å². The van der Waals surface area contributed by atoms with Gasteiger partial charge in [0, 0.05) is 25.7 Å². The van der Waals surface area contributed by atoms with Crippen molar-refractivity contribution in [3.63, 3.8) is 0 Å². The molecule has 2 aliphatic heterocycles. The predicted molar refractivity (Wildman–Crippen MR) is 122 cm³/mol. The third-order valence-electron chi connectivity index (χ3n) is 6.34. The van der Waals surface area contributed by atoms with Gasteiger partial charge in [-0.25, -0.2) is 14.2 Å². The molecule has 182 valence electrons. The van der Waals surface area contributed by atoms with Gasteiger partial charge < -0.3 is 24.7 Å². The molecule has 4 rings (SSSR count). The van der Waals surface area contributed by atoms with Gasteiger partial charge in [0.25, 0.3) is 0 Å². The highest BCUT2D eigenvalue weighted by Crippen LogP contribution is 2.35. The van der Waals surface area contributed by atoms with Crippen molar-refractivity contribution in [3.8, 4) is 5.88 Å². The topological polar surface area (TPSA) is 106 Å². The van der Waals surface area contributed by atoms with Crippen molar-refractivity contribution >= 4 is 17.7 Å². The number of carbonyl (C=O) groups is 2. The van der Waals surface area contributed by atoms with Gasteiger partial charge in [-0.15, -0.1) is 0 Å². The Hall–Kier alpha value is -3.24. The van der Waals surface area contributed by atoms with Crippen LogP contribution >= 0.6 is 0 Å². The summed E-state index contributed by atoms with van der Waals surface area (Å²) in [5, 5.41) is 19.1. The quantitative estimate of drug-likeness (QED) is 0.686. The first-order chi connectivity index (χ1) is 16.3. The smallest absolute Gasteiger partial charge is 0.407 e. The first-order valence-electron chi connectivity index (χ1n) is 11.3. The van der Waals surface area contributed by atoms with E-state index < -0.39 is 6.09 Å². The number of carboxylic acid groups (broad SMARTS) is 1. The van der Waals surface area contributed by atoms with Crippen molar-refractivity contribution in [1.29, 1.82) is 0 Å². The van der Waals surface area contributed by atoms with Gasteiger partial charge in [-0.3, -0.25) is 9.69 Å². The first kappa shape index (κ1) is 23.9. The SMILES string of the molecule is CC1CN(CC(=O)N2c3cc(Cc4ccc(F)cc4)c(CO)nc3OC[C@@H]2C)CCN1C(=O)O. The molecule has 0 spiro atoms. The zero-order chi connectivity index (χ0) is 24.4. The number of amides is 2. The zero-order valence-corrected chi connectivity index (χ0v) is 19.3. The molecule has 3 heterocycles. The molecule has 9 nitrogen and oxygen atoms in total. The average Bonchev–Trinajstić information content (AvgIpc) is 2.79. The number of pyridine rings is 1. The van der Waals surface area contributed by atoms with Crippen LogP contribution in [0.15, 0.2) is 30.3 Å². The molecule has 0 radical (unpaired) electrons. The summed E-state index contributed by atoms with van der Waals surface area (Å²) in [7, 11) is 0. The van der Waals surface area contributed by atoms with E-state index in [0.29, 0.717) is 43.3 Å². The van der Waals surface area contributed by atoms with E-state index in [2.05, 4.69) is 4.98 Å². The maximum atomic E-state index is 13.4. The molecule has 10 heteroatoms. The number of hydrogen-bond acceptors (Lipinski definition) is 6. The van der Waals surface area contributed by atoms with E-state index >= 15 is 0 Å². The van der Waals surface area contributed by atoms with Crippen molar-refractivity contribution in [3.05, 3.63) is 53.0 Å². The lowest BCUT2D eigenvalue weighted by Gasteiger charge is -2.40. The summed E-state index contributed by atoms with van der Waals surface area (Å²) < 4.78 is 19.1. The van der Waals surface area contributed by atoms with E-state index in [9.17, 15) is 24.2 Å². The predicted octanol–water partition coefficient (Wildman–Crippen LogP) is 2.10. The number of carbonyl (C=O) groups excluding carboxylic acids is 1. The Morgan fingerprint density at radius 1 is 1.18 bits per heavy atom. The van der Waals surface area contributed by atoms with Crippen molar-refractivity contribution in [2.75, 3.05) is 37.7 Å². The van der Waals surface area contributed by atoms with Crippen LogP contribution in [0.1, 0.15) is 30.7 Å². The Balaban J connectivity index is 1.57. The van der Waals surface area contributed by atoms with E-state index in [0.717, 1.165) is 11.1 Å². The summed E-state index contributed by atoms with van der Waals surface area (Å²) in [5.74, 6) is -0.158. The van der Waals surface area contributed by atoms with Gasteiger partial charge in [0.2, 0.25) is 11.8 Å². The average molecular weight is 473 g/mol. The fourth-order valence-corrected chi connectivity index (χ4v) is 4.57. The number of benzene rings is 1. The molecule has 2 amide bonds. The van der Waals surface area contributed by atoms with Crippen LogP contribution in [0.2, 0.25) is 0 Å². The summed E-state index contributed by atoms with van der Waals surface area (Å²) in [4.78, 5) is 34.2. The molecule has 1 unspecified atom stereocenters. The van der Waals surface area contributed by atoms with E-state index in [-0.39, 0.29) is 43.6 Å². The highest BCUT2D eigenvalue weighted by Gasteiger charge is 2.34. The molecule has 0 saturated carbocycles. The van der Waals surface area contributed by atoms with E-state index in [1.807, 2.05) is 24.8 Å². The van der Waals surface area contributed by atoms with Crippen LogP contribution in [0.25, 0.3) is 0 Å². The fraction of sp³-hybridized carbons (Fsp3) is 0.458. The minimum absolute atomic E-state index is 0.126. The molecule has 0 bridgehead atoms. The molecule has 2 atom stereocenters. The lowest BCUT2D eigenvalue weighted by atomic mass is 10.0. The molecule has 2 aromatic rings. The van der Waals surface area contributed by atoms with Crippen LogP contribution in [0.3, 0.4) is 0 Å². The van der Waals surface area contributed by atoms with Crippen molar-refractivity contribution in [2.45, 2.75) is 39.0 Å². The molecular weight excluding hydrogens is 443 g/mol. The van der Waals surface area contributed by atoms with Gasteiger partial charge in [0.05, 0.1) is 24.9 Å². The number of aliphatic hydroxyl groups is 1. The van der Waals surface area contributed by atoms with Gasteiger partial charge in [0.15, 0.2) is 0 Å². The summed E-state index contributed by atoms with van der Waals surface area (Å²) >= 11 is 0. The first-order valence-corrected chi connectivity index (χ1v) is 11.3. The van der Waals surface area contributed by atoms with Crippen LogP contribution in [-0.2, 0) is 17.8 Å². The van der Waals surface area contributed by atoms with E-state index in [4.69, 9.17) is 4.74 Å². The summed E-state index contributed by atoms with van der Waals surface area (Å²) in [6.45, 7) is 5.16. The minimum atomic E-state index is -0.950.